The van der Waals surface area contributed by atoms with Gasteiger partial charge < -0.3 is 0 Å². The van der Waals surface area contributed by atoms with Crippen molar-refractivity contribution in [2.24, 2.45) is 0 Å². The minimum absolute atomic E-state index is 0.0140. The van der Waals surface area contributed by atoms with Crippen LogP contribution < -0.4 is 10.2 Å². The number of amides is 1. The number of nitrogens with one attached hydrogen (secondary N) is 2. The molecule has 22 heavy (non-hydrogen) atoms. The molecule has 1 amide bonds. The topological polar surface area (TPSA) is 95.5 Å². The van der Waals surface area contributed by atoms with E-state index in [1.165, 1.54) is 29.7 Å². The summed E-state index contributed by atoms with van der Waals surface area (Å²) in [6.07, 6.45) is 0. The maximum absolute atomic E-state index is 13.1. The normalized spacial score (nSPS) is 11.2. The molecular weight excluding hydrogens is 311 g/mol. The molecule has 2 aromatic carbocycles. The van der Waals surface area contributed by atoms with Crippen LogP contribution in [0.25, 0.3) is 0 Å². The van der Waals surface area contributed by atoms with Gasteiger partial charge in [0.25, 0.3) is 5.91 Å². The van der Waals surface area contributed by atoms with Crippen LogP contribution in [-0.2, 0) is 16.6 Å². The largest absolute Gasteiger partial charge is 0.288 e. The van der Waals surface area contributed by atoms with Crippen molar-refractivity contribution in [2.75, 3.05) is 0 Å². The Morgan fingerprint density at radius 3 is 2.41 bits per heavy atom. The van der Waals surface area contributed by atoms with Crippen molar-refractivity contribution < 1.29 is 22.8 Å². The van der Waals surface area contributed by atoms with Crippen LogP contribution in [0.5, 0.6) is 0 Å². The van der Waals surface area contributed by atoms with Gasteiger partial charge in [-0.1, -0.05) is 18.2 Å². The summed E-state index contributed by atoms with van der Waals surface area (Å²) < 4.78 is 39.4. The molecule has 0 spiro atoms. The molecule has 0 saturated carbocycles. The summed E-state index contributed by atoms with van der Waals surface area (Å²) in [6.45, 7) is -0.0140. The molecule has 6 nitrogen and oxygen atoms in total. The number of hydroxylamine groups is 1. The van der Waals surface area contributed by atoms with Crippen LogP contribution in [0.3, 0.4) is 0 Å². The zero-order valence-corrected chi connectivity index (χ0v) is 12.1. The third-order valence-electron chi connectivity index (χ3n) is 2.89. The predicted octanol–water partition coefficient (Wildman–Crippen LogP) is 1.42. The number of halogens is 1. The third kappa shape index (κ3) is 3.88. The summed E-state index contributed by atoms with van der Waals surface area (Å²) in [7, 11) is -3.82. The van der Waals surface area contributed by atoms with E-state index in [0.717, 1.165) is 12.1 Å². The van der Waals surface area contributed by atoms with E-state index in [1.807, 2.05) is 0 Å². The number of hydrogen-bond acceptors (Lipinski definition) is 4. The molecule has 0 aromatic heterocycles. The van der Waals surface area contributed by atoms with Gasteiger partial charge in [-0.2, -0.15) is 0 Å². The molecule has 0 saturated heterocycles. The van der Waals surface area contributed by atoms with Crippen LogP contribution in [0.15, 0.2) is 53.4 Å². The number of rotatable bonds is 5. The Kier molecular flexibility index (Phi) is 4.86. The molecule has 116 valence electrons. The van der Waals surface area contributed by atoms with Gasteiger partial charge in [0.2, 0.25) is 10.0 Å². The Balaban J connectivity index is 2.07. The Hall–Kier alpha value is -2.29. The van der Waals surface area contributed by atoms with Gasteiger partial charge in [0.05, 0.1) is 4.90 Å². The second-order valence-electron chi connectivity index (χ2n) is 4.42. The lowest BCUT2D eigenvalue weighted by molar-refractivity contribution is 0.0706. The summed E-state index contributed by atoms with van der Waals surface area (Å²) in [4.78, 5) is 11.0. The fourth-order valence-electron chi connectivity index (χ4n) is 1.73. The highest BCUT2D eigenvalue weighted by atomic mass is 32.2. The van der Waals surface area contributed by atoms with Crippen LogP contribution in [0.2, 0.25) is 0 Å². The van der Waals surface area contributed by atoms with E-state index in [1.54, 1.807) is 12.1 Å². The van der Waals surface area contributed by atoms with Crippen LogP contribution in [-0.4, -0.2) is 19.5 Å². The monoisotopic (exact) mass is 324 g/mol. The average molecular weight is 324 g/mol. The predicted molar refractivity (Wildman–Crippen MR) is 76.1 cm³/mol. The fraction of sp³-hybridized carbons (Fsp3) is 0.0714. The van der Waals surface area contributed by atoms with Crippen molar-refractivity contribution in [2.45, 2.75) is 11.4 Å². The summed E-state index contributed by atoms with van der Waals surface area (Å²) in [5.41, 5.74) is 2.34. The fourth-order valence-corrected chi connectivity index (χ4v) is 2.78. The van der Waals surface area contributed by atoms with Gasteiger partial charge in [-0.15, -0.1) is 0 Å². The molecule has 0 bridgehead atoms. The molecule has 0 fully saturated rings. The summed E-state index contributed by atoms with van der Waals surface area (Å²) in [6, 6.07) is 10.7. The summed E-state index contributed by atoms with van der Waals surface area (Å²) in [5, 5.41) is 8.49. The summed E-state index contributed by atoms with van der Waals surface area (Å²) in [5.74, 6) is -1.30. The highest BCUT2D eigenvalue weighted by Gasteiger charge is 2.14. The van der Waals surface area contributed by atoms with Crippen molar-refractivity contribution in [1.29, 1.82) is 0 Å². The highest BCUT2D eigenvalue weighted by molar-refractivity contribution is 7.89. The van der Waals surface area contributed by atoms with Gasteiger partial charge in [0, 0.05) is 12.1 Å². The number of benzene rings is 2. The first-order valence-corrected chi connectivity index (χ1v) is 7.69. The Bertz CT molecular complexity index is 776. The van der Waals surface area contributed by atoms with Crippen molar-refractivity contribution in [3.8, 4) is 0 Å². The summed E-state index contributed by atoms with van der Waals surface area (Å²) >= 11 is 0. The molecule has 8 heteroatoms. The molecule has 2 rings (SSSR count). The molecule has 2 aromatic rings. The van der Waals surface area contributed by atoms with E-state index in [9.17, 15) is 17.6 Å². The van der Waals surface area contributed by atoms with Crippen LogP contribution in [0, 0.1) is 5.82 Å². The van der Waals surface area contributed by atoms with Crippen molar-refractivity contribution in [3.63, 3.8) is 0 Å². The Morgan fingerprint density at radius 2 is 1.82 bits per heavy atom. The van der Waals surface area contributed by atoms with Crippen molar-refractivity contribution in [1.82, 2.24) is 10.2 Å². The number of hydrogen-bond donors (Lipinski definition) is 3. The van der Waals surface area contributed by atoms with Crippen molar-refractivity contribution in [3.05, 3.63) is 65.5 Å². The Morgan fingerprint density at radius 1 is 1.14 bits per heavy atom. The van der Waals surface area contributed by atoms with E-state index >= 15 is 0 Å². The first-order chi connectivity index (χ1) is 10.4. The van der Waals surface area contributed by atoms with E-state index < -0.39 is 21.7 Å². The minimum atomic E-state index is -3.82. The Labute approximate surface area is 126 Å². The van der Waals surface area contributed by atoms with E-state index in [0.29, 0.717) is 5.56 Å². The van der Waals surface area contributed by atoms with Gasteiger partial charge in [0.1, 0.15) is 5.82 Å². The SMILES string of the molecule is O=C(NO)c1ccc(CNS(=O)(=O)c2cccc(F)c2)cc1. The number of sulfonamides is 1. The van der Waals surface area contributed by atoms with Gasteiger partial charge in [0.15, 0.2) is 0 Å². The van der Waals surface area contributed by atoms with Crippen LogP contribution in [0.4, 0.5) is 4.39 Å². The highest BCUT2D eigenvalue weighted by Crippen LogP contribution is 2.11. The molecule has 0 heterocycles. The smallest absolute Gasteiger partial charge is 0.274 e. The molecule has 3 N–H and O–H groups in total. The average Bonchev–Trinajstić information content (AvgIpc) is 2.53. The minimum Gasteiger partial charge on any atom is -0.288 e. The maximum Gasteiger partial charge on any atom is 0.274 e. The van der Waals surface area contributed by atoms with Gasteiger partial charge in [-0.05, 0) is 35.9 Å². The second-order valence-corrected chi connectivity index (χ2v) is 6.19. The van der Waals surface area contributed by atoms with Gasteiger partial charge in [-0.3, -0.25) is 10.0 Å². The van der Waals surface area contributed by atoms with Crippen molar-refractivity contribution >= 4 is 15.9 Å². The lowest BCUT2D eigenvalue weighted by Crippen LogP contribution is -2.23. The first-order valence-electron chi connectivity index (χ1n) is 6.21. The maximum atomic E-state index is 13.1. The van der Waals surface area contributed by atoms with E-state index in [4.69, 9.17) is 5.21 Å². The molecule has 0 aliphatic carbocycles. The first kappa shape index (κ1) is 16.1. The van der Waals surface area contributed by atoms with Crippen LogP contribution >= 0.6 is 0 Å². The molecule has 0 aliphatic rings. The van der Waals surface area contributed by atoms with Gasteiger partial charge in [-0.25, -0.2) is 23.0 Å². The lowest BCUT2D eigenvalue weighted by atomic mass is 10.1. The zero-order chi connectivity index (χ0) is 16.2. The zero-order valence-electron chi connectivity index (χ0n) is 11.3. The molecule has 0 aliphatic heterocycles. The quantitative estimate of drug-likeness (QED) is 0.572. The van der Waals surface area contributed by atoms with Gasteiger partial charge >= 0.3 is 0 Å². The molecule has 0 atom stereocenters. The van der Waals surface area contributed by atoms with E-state index in [-0.39, 0.29) is 17.0 Å². The molecular formula is C14H13FN2O4S. The second kappa shape index (κ2) is 6.65. The van der Waals surface area contributed by atoms with E-state index in [2.05, 4.69) is 4.72 Å². The number of carbonyl (C=O) groups excluding carboxylic acids is 1. The molecule has 0 unspecified atom stereocenters. The van der Waals surface area contributed by atoms with Crippen LogP contribution in [0.1, 0.15) is 15.9 Å². The molecule has 0 radical (unpaired) electrons. The number of carbonyl (C=O) groups is 1. The standard InChI is InChI=1S/C14H13FN2O4S/c15-12-2-1-3-13(8-12)22(20,21)16-9-10-4-6-11(7-5-10)14(18)17-19/h1-8,16,19H,9H2,(H,17,18). The lowest BCUT2D eigenvalue weighted by Gasteiger charge is -2.07. The third-order valence-corrected chi connectivity index (χ3v) is 4.29.